The summed E-state index contributed by atoms with van der Waals surface area (Å²) in [6.45, 7) is 26.7. The topological polar surface area (TPSA) is 64.6 Å². The van der Waals surface area contributed by atoms with Crippen molar-refractivity contribution in [2.75, 3.05) is 20.3 Å². The van der Waals surface area contributed by atoms with Gasteiger partial charge in [-0.1, -0.05) is 142 Å². The number of methoxy groups -OCH3 is 1. The Bertz CT molecular complexity index is 1620. The number of benzene rings is 3. The van der Waals surface area contributed by atoms with Crippen molar-refractivity contribution in [2.24, 2.45) is 5.92 Å². The maximum Gasteiger partial charge on any atom is 0.261 e. The quantitative estimate of drug-likeness (QED) is 0.169. The van der Waals surface area contributed by atoms with Crippen molar-refractivity contribution in [2.45, 2.75) is 159 Å². The van der Waals surface area contributed by atoms with Gasteiger partial charge in [-0.05, 0) is 69.9 Å². The Kier molecular flexibility index (Phi) is 13.5. The van der Waals surface area contributed by atoms with E-state index in [1.807, 2.05) is 24.3 Å². The minimum absolute atomic E-state index is 0.0894. The molecule has 0 N–H and O–H groups in total. The SMILES string of the molecule is COc1ccc([C@@H]2OC[C@H]3O[C@H]4C[C@@H](O[Si](C(C)C)(C(C)C)C(C)C)[C@](C)(CO[Si](c5ccccc5)(c5ccccc5)C(C)(C)C)O[C@@H]4C[C@H](C)C[C@@H]3O2)cc1. The van der Waals surface area contributed by atoms with Crippen LogP contribution in [0, 0.1) is 5.92 Å². The molecule has 0 radical (unpaired) electrons. The highest BCUT2D eigenvalue weighted by atomic mass is 28.4. The lowest BCUT2D eigenvalue weighted by atomic mass is 9.83. The van der Waals surface area contributed by atoms with E-state index in [-0.39, 0.29) is 35.6 Å². The van der Waals surface area contributed by atoms with Crippen LogP contribution in [0.15, 0.2) is 84.9 Å². The highest BCUT2D eigenvalue weighted by Crippen LogP contribution is 2.49. The van der Waals surface area contributed by atoms with Crippen LogP contribution >= 0.6 is 0 Å². The van der Waals surface area contributed by atoms with Crippen LogP contribution in [0.3, 0.4) is 0 Å². The highest BCUT2D eigenvalue weighted by molar-refractivity contribution is 6.99. The van der Waals surface area contributed by atoms with E-state index in [2.05, 4.69) is 137 Å². The third-order valence-corrected chi connectivity index (χ3v) is 24.2. The molecule has 8 atom stereocenters. The Labute approximate surface area is 340 Å². The summed E-state index contributed by atoms with van der Waals surface area (Å²) in [7, 11) is -3.55. The third-order valence-electron chi connectivity index (χ3n) is 13.1. The van der Waals surface area contributed by atoms with E-state index in [0.29, 0.717) is 35.8 Å². The molecule has 3 fully saturated rings. The summed E-state index contributed by atoms with van der Waals surface area (Å²) >= 11 is 0. The normalized spacial score (nSPS) is 29.1. The highest BCUT2D eigenvalue weighted by Gasteiger charge is 2.57. The summed E-state index contributed by atoms with van der Waals surface area (Å²) in [6, 6.07) is 29.8. The zero-order valence-electron chi connectivity index (χ0n) is 36.2. The van der Waals surface area contributed by atoms with Crippen molar-refractivity contribution in [1.29, 1.82) is 0 Å². The van der Waals surface area contributed by atoms with Gasteiger partial charge in [-0.15, -0.1) is 0 Å². The van der Waals surface area contributed by atoms with Gasteiger partial charge in [0, 0.05) is 12.0 Å². The van der Waals surface area contributed by atoms with Gasteiger partial charge in [0.2, 0.25) is 8.32 Å². The Balaban J connectivity index is 1.35. The first-order valence-corrected chi connectivity index (χ1v) is 25.3. The molecule has 56 heavy (non-hydrogen) atoms. The van der Waals surface area contributed by atoms with E-state index in [1.165, 1.54) is 10.4 Å². The van der Waals surface area contributed by atoms with Crippen LogP contribution in [-0.4, -0.2) is 73.1 Å². The summed E-state index contributed by atoms with van der Waals surface area (Å²) < 4.78 is 48.7. The molecular weight excluding hydrogens is 733 g/mol. The summed E-state index contributed by atoms with van der Waals surface area (Å²) in [4.78, 5) is 0. The van der Waals surface area contributed by atoms with E-state index in [1.54, 1.807) is 7.11 Å². The fourth-order valence-corrected chi connectivity index (χ4v) is 20.7. The summed E-state index contributed by atoms with van der Waals surface area (Å²) in [5.41, 5.74) is 1.52. The average molecular weight is 803 g/mol. The Morgan fingerprint density at radius 1 is 0.714 bits per heavy atom. The number of rotatable bonds is 12. The maximum atomic E-state index is 7.82. The molecule has 0 aromatic heterocycles. The van der Waals surface area contributed by atoms with Crippen molar-refractivity contribution in [1.82, 2.24) is 0 Å². The van der Waals surface area contributed by atoms with E-state index < -0.39 is 28.5 Å². The molecule has 6 rings (SSSR count). The lowest BCUT2D eigenvalue weighted by Crippen LogP contribution is -2.70. The van der Waals surface area contributed by atoms with Gasteiger partial charge in [0.15, 0.2) is 6.29 Å². The molecule has 0 saturated carbocycles. The molecule has 0 bridgehead atoms. The van der Waals surface area contributed by atoms with Gasteiger partial charge < -0.3 is 32.5 Å². The molecule has 9 heteroatoms. The lowest BCUT2D eigenvalue weighted by molar-refractivity contribution is -0.308. The van der Waals surface area contributed by atoms with Gasteiger partial charge in [0.25, 0.3) is 8.32 Å². The van der Waals surface area contributed by atoms with Crippen LogP contribution in [-0.2, 0) is 27.8 Å². The number of ether oxygens (including phenoxy) is 5. The van der Waals surface area contributed by atoms with Crippen molar-refractivity contribution in [3.05, 3.63) is 90.5 Å². The van der Waals surface area contributed by atoms with Crippen LogP contribution in [0.2, 0.25) is 21.7 Å². The molecule has 3 aliphatic rings. The number of hydrogen-bond donors (Lipinski definition) is 0. The molecule has 0 unspecified atom stereocenters. The lowest BCUT2D eigenvalue weighted by Gasteiger charge is -2.55. The standard InChI is InChI=1S/C47H70O7Si2/c1-32(2)55(33(3)4,34(5)6)54-44-29-41-42(28-35(7)27-40-43(51-41)30-49-45(52-40)36-23-25-37(48-12)26-24-36)53-47(44,11)31-50-56(46(8,9)10,38-19-15-13-16-20-38)39-21-17-14-18-22-39/h13-26,32-35,40-45H,27-31H2,1-12H3/t35-,40+,41+,42-,43-,44-,45-,47+/m1/s1. The Morgan fingerprint density at radius 3 is 1.77 bits per heavy atom. The van der Waals surface area contributed by atoms with Gasteiger partial charge in [-0.3, -0.25) is 0 Å². The fraction of sp³-hybridized carbons (Fsp3) is 0.617. The first kappa shape index (κ1) is 43.2. The van der Waals surface area contributed by atoms with E-state index in [0.717, 1.165) is 30.6 Å². The number of hydrogen-bond acceptors (Lipinski definition) is 7. The Morgan fingerprint density at radius 2 is 1.25 bits per heavy atom. The van der Waals surface area contributed by atoms with Gasteiger partial charge in [0.1, 0.15) is 17.5 Å². The second-order valence-corrected chi connectivity index (χ2v) is 28.7. The smallest absolute Gasteiger partial charge is 0.261 e. The predicted octanol–water partition coefficient (Wildman–Crippen LogP) is 9.98. The number of fused-ring (bicyclic) bond motifs is 2. The zero-order chi connectivity index (χ0) is 40.5. The largest absolute Gasteiger partial charge is 0.497 e. The second-order valence-electron chi connectivity index (χ2n) is 19.0. The van der Waals surface area contributed by atoms with E-state index in [4.69, 9.17) is 32.5 Å². The van der Waals surface area contributed by atoms with Gasteiger partial charge >= 0.3 is 0 Å². The minimum atomic E-state index is -2.87. The molecule has 3 heterocycles. The zero-order valence-corrected chi connectivity index (χ0v) is 38.2. The molecule has 0 spiro atoms. The fourth-order valence-electron chi connectivity index (χ4n) is 10.4. The molecule has 3 aromatic carbocycles. The predicted molar refractivity (Wildman–Crippen MR) is 231 cm³/mol. The molecule has 7 nitrogen and oxygen atoms in total. The molecule has 3 aliphatic heterocycles. The van der Waals surface area contributed by atoms with E-state index in [9.17, 15) is 0 Å². The molecule has 3 saturated heterocycles. The molecule has 0 amide bonds. The first-order chi connectivity index (χ1) is 26.5. The van der Waals surface area contributed by atoms with Crippen molar-refractivity contribution in [3.63, 3.8) is 0 Å². The van der Waals surface area contributed by atoms with Crippen molar-refractivity contribution in [3.8, 4) is 5.75 Å². The van der Waals surface area contributed by atoms with Gasteiger partial charge in [0.05, 0.1) is 44.7 Å². The van der Waals surface area contributed by atoms with Crippen molar-refractivity contribution < 1.29 is 32.5 Å². The summed E-state index contributed by atoms with van der Waals surface area (Å²) in [5, 5.41) is 2.37. The average Bonchev–Trinajstić information content (AvgIpc) is 3.15. The second kappa shape index (κ2) is 17.5. The maximum absolute atomic E-state index is 7.82. The van der Waals surface area contributed by atoms with Crippen molar-refractivity contribution >= 4 is 27.0 Å². The van der Waals surface area contributed by atoms with Crippen LogP contribution in [0.1, 0.15) is 107 Å². The molecular formula is C47H70O7Si2. The summed E-state index contributed by atoms with van der Waals surface area (Å²) in [5.74, 6) is 1.16. The third kappa shape index (κ3) is 8.53. The summed E-state index contributed by atoms with van der Waals surface area (Å²) in [6.07, 6.45) is 1.21. The van der Waals surface area contributed by atoms with Gasteiger partial charge in [-0.2, -0.15) is 0 Å². The monoisotopic (exact) mass is 802 g/mol. The van der Waals surface area contributed by atoms with E-state index >= 15 is 0 Å². The van der Waals surface area contributed by atoms with Crippen LogP contribution in [0.25, 0.3) is 0 Å². The van der Waals surface area contributed by atoms with Crippen LogP contribution in [0.5, 0.6) is 5.75 Å². The molecule has 0 aliphatic carbocycles. The molecule has 308 valence electrons. The Hall–Kier alpha value is -2.35. The van der Waals surface area contributed by atoms with Crippen LogP contribution in [0.4, 0.5) is 0 Å². The first-order valence-electron chi connectivity index (χ1n) is 21.2. The van der Waals surface area contributed by atoms with Crippen LogP contribution < -0.4 is 15.1 Å². The minimum Gasteiger partial charge on any atom is -0.497 e. The van der Waals surface area contributed by atoms with Gasteiger partial charge in [-0.25, -0.2) is 0 Å². The molecule has 3 aromatic rings.